The highest BCUT2D eigenvalue weighted by atomic mass is 19.3. The zero-order valence-corrected chi connectivity index (χ0v) is 7.67. The van der Waals surface area contributed by atoms with Crippen molar-refractivity contribution in [1.82, 2.24) is 9.97 Å². The molecule has 2 rings (SSSR count). The minimum absolute atomic E-state index is 0.286. The number of nitrogen functional groups attached to an aromatic ring is 1. The summed E-state index contributed by atoms with van der Waals surface area (Å²) in [6, 6.07) is 1.60. The molecule has 0 bridgehead atoms. The van der Waals surface area contributed by atoms with E-state index in [-0.39, 0.29) is 19.0 Å². The summed E-state index contributed by atoms with van der Waals surface area (Å²) in [6.45, 7) is 1.10. The molecule has 0 spiro atoms. The Hall–Kier alpha value is -1.46. The Morgan fingerprint density at radius 2 is 2.07 bits per heavy atom. The SMILES string of the molecule is Cc1cc(N)nc(N2CC(F)(F)C2)n1. The van der Waals surface area contributed by atoms with E-state index in [2.05, 4.69) is 9.97 Å². The molecule has 6 heteroatoms. The standard InChI is InChI=1S/C8H10F2N4/c1-5-2-6(11)13-7(12-5)14-3-8(9,10)4-14/h2H,3-4H2,1H3,(H2,11,12,13). The van der Waals surface area contributed by atoms with Crippen LogP contribution in [0.1, 0.15) is 5.69 Å². The molecule has 1 aromatic rings. The summed E-state index contributed by atoms with van der Waals surface area (Å²) < 4.78 is 25.1. The monoisotopic (exact) mass is 200 g/mol. The van der Waals surface area contributed by atoms with E-state index in [9.17, 15) is 8.78 Å². The number of nitrogens with two attached hydrogens (primary N) is 1. The second-order valence-electron chi connectivity index (χ2n) is 3.45. The van der Waals surface area contributed by atoms with E-state index in [1.165, 1.54) is 4.90 Å². The zero-order valence-electron chi connectivity index (χ0n) is 7.67. The van der Waals surface area contributed by atoms with Crippen LogP contribution in [-0.2, 0) is 0 Å². The molecule has 0 aromatic carbocycles. The first kappa shape index (κ1) is 9.11. The number of nitrogens with zero attached hydrogens (tertiary/aromatic N) is 3. The fourth-order valence-corrected chi connectivity index (χ4v) is 1.37. The van der Waals surface area contributed by atoms with Crippen molar-refractivity contribution in [2.45, 2.75) is 12.8 Å². The van der Waals surface area contributed by atoms with Gasteiger partial charge in [-0.2, -0.15) is 4.98 Å². The largest absolute Gasteiger partial charge is 0.384 e. The van der Waals surface area contributed by atoms with Crippen molar-refractivity contribution >= 4 is 11.8 Å². The number of halogens is 2. The molecule has 2 N–H and O–H groups in total. The molecule has 0 aliphatic carbocycles. The van der Waals surface area contributed by atoms with Gasteiger partial charge in [0.1, 0.15) is 5.82 Å². The zero-order chi connectivity index (χ0) is 10.3. The van der Waals surface area contributed by atoms with Gasteiger partial charge in [0.05, 0.1) is 13.1 Å². The summed E-state index contributed by atoms with van der Waals surface area (Å²) in [4.78, 5) is 9.31. The Kier molecular flexibility index (Phi) is 1.80. The van der Waals surface area contributed by atoms with Crippen molar-refractivity contribution in [2.24, 2.45) is 0 Å². The highest BCUT2D eigenvalue weighted by molar-refractivity contribution is 5.43. The van der Waals surface area contributed by atoms with Crippen LogP contribution >= 0.6 is 0 Å². The Morgan fingerprint density at radius 1 is 1.43 bits per heavy atom. The molecule has 0 saturated carbocycles. The van der Waals surface area contributed by atoms with Crippen LogP contribution in [0.15, 0.2) is 6.07 Å². The fourth-order valence-electron chi connectivity index (χ4n) is 1.37. The molecule has 76 valence electrons. The molecule has 0 atom stereocenters. The van der Waals surface area contributed by atoms with E-state index in [1.807, 2.05) is 0 Å². The van der Waals surface area contributed by atoms with Crippen LogP contribution in [0, 0.1) is 6.92 Å². The minimum atomic E-state index is -2.61. The van der Waals surface area contributed by atoms with Crippen LogP contribution in [-0.4, -0.2) is 29.0 Å². The number of aryl methyl sites for hydroxylation is 1. The van der Waals surface area contributed by atoms with Gasteiger partial charge < -0.3 is 10.6 Å². The number of rotatable bonds is 1. The van der Waals surface area contributed by atoms with E-state index >= 15 is 0 Å². The Labute approximate surface area is 79.8 Å². The van der Waals surface area contributed by atoms with Crippen molar-refractivity contribution in [3.63, 3.8) is 0 Å². The van der Waals surface area contributed by atoms with E-state index in [4.69, 9.17) is 5.73 Å². The smallest absolute Gasteiger partial charge is 0.282 e. The van der Waals surface area contributed by atoms with E-state index in [1.54, 1.807) is 13.0 Å². The molecule has 1 aromatic heterocycles. The van der Waals surface area contributed by atoms with Gasteiger partial charge >= 0.3 is 0 Å². The first-order valence-electron chi connectivity index (χ1n) is 4.20. The summed E-state index contributed by atoms with van der Waals surface area (Å²) in [5.74, 6) is -2.02. The van der Waals surface area contributed by atoms with Crippen LogP contribution in [0.5, 0.6) is 0 Å². The van der Waals surface area contributed by atoms with Gasteiger partial charge in [-0.25, -0.2) is 13.8 Å². The van der Waals surface area contributed by atoms with E-state index in [0.717, 1.165) is 0 Å². The topological polar surface area (TPSA) is 55.0 Å². The van der Waals surface area contributed by atoms with Gasteiger partial charge in [-0.3, -0.25) is 0 Å². The van der Waals surface area contributed by atoms with Gasteiger partial charge in [0.25, 0.3) is 5.92 Å². The number of aromatic nitrogens is 2. The first-order chi connectivity index (χ1) is 6.46. The number of anilines is 2. The third-order valence-corrected chi connectivity index (χ3v) is 1.99. The van der Waals surface area contributed by atoms with Gasteiger partial charge in [-0.15, -0.1) is 0 Å². The summed E-state index contributed by atoms with van der Waals surface area (Å²) in [6.07, 6.45) is 0. The van der Waals surface area contributed by atoms with Crippen LogP contribution in [0.3, 0.4) is 0 Å². The second kappa shape index (κ2) is 2.76. The van der Waals surface area contributed by atoms with Crippen molar-refractivity contribution in [1.29, 1.82) is 0 Å². The average molecular weight is 200 g/mol. The molecule has 1 aliphatic rings. The van der Waals surface area contributed by atoms with Crippen molar-refractivity contribution in [3.05, 3.63) is 11.8 Å². The third-order valence-electron chi connectivity index (χ3n) is 1.99. The van der Waals surface area contributed by atoms with Gasteiger partial charge in [0.2, 0.25) is 5.95 Å². The highest BCUT2D eigenvalue weighted by Crippen LogP contribution is 2.29. The molecule has 1 aliphatic heterocycles. The molecule has 1 fully saturated rings. The summed E-state index contributed by atoms with van der Waals surface area (Å²) in [5.41, 5.74) is 6.16. The summed E-state index contributed by atoms with van der Waals surface area (Å²) >= 11 is 0. The van der Waals surface area contributed by atoms with Crippen LogP contribution in [0.2, 0.25) is 0 Å². The minimum Gasteiger partial charge on any atom is -0.384 e. The lowest BCUT2D eigenvalue weighted by atomic mass is 10.2. The highest BCUT2D eigenvalue weighted by Gasteiger charge is 2.45. The van der Waals surface area contributed by atoms with Gasteiger partial charge in [0, 0.05) is 11.8 Å². The number of hydrogen-bond acceptors (Lipinski definition) is 4. The molecule has 4 nitrogen and oxygen atoms in total. The maximum absolute atomic E-state index is 12.5. The lowest BCUT2D eigenvalue weighted by molar-refractivity contribution is -0.0271. The number of hydrogen-bond donors (Lipinski definition) is 1. The first-order valence-corrected chi connectivity index (χ1v) is 4.20. The lowest BCUT2D eigenvalue weighted by Gasteiger charge is -2.38. The van der Waals surface area contributed by atoms with E-state index < -0.39 is 5.92 Å². The van der Waals surface area contributed by atoms with Crippen molar-refractivity contribution in [2.75, 3.05) is 23.7 Å². The molecule has 0 radical (unpaired) electrons. The predicted molar refractivity (Wildman–Crippen MR) is 48.3 cm³/mol. The number of alkyl halides is 2. The second-order valence-corrected chi connectivity index (χ2v) is 3.45. The molecule has 14 heavy (non-hydrogen) atoms. The van der Waals surface area contributed by atoms with Gasteiger partial charge in [-0.1, -0.05) is 0 Å². The average Bonchev–Trinajstić information content (AvgIpc) is 1.97. The Bertz CT molecular complexity index is 338. The molecule has 0 amide bonds. The van der Waals surface area contributed by atoms with Crippen molar-refractivity contribution in [3.8, 4) is 0 Å². The molecular weight excluding hydrogens is 190 g/mol. The predicted octanol–water partition coefficient (Wildman–Crippen LogP) is 0.823. The molecule has 1 saturated heterocycles. The summed E-state index contributed by atoms with van der Waals surface area (Å²) in [7, 11) is 0. The summed E-state index contributed by atoms with van der Waals surface area (Å²) in [5, 5.41) is 0. The molecular formula is C8H10F2N4. The van der Waals surface area contributed by atoms with Crippen molar-refractivity contribution < 1.29 is 8.78 Å². The molecule has 0 unspecified atom stereocenters. The van der Waals surface area contributed by atoms with Crippen LogP contribution in [0.25, 0.3) is 0 Å². The lowest BCUT2D eigenvalue weighted by Crippen LogP contribution is -2.57. The van der Waals surface area contributed by atoms with Gasteiger partial charge in [0.15, 0.2) is 0 Å². The maximum Gasteiger partial charge on any atom is 0.282 e. The fraction of sp³-hybridized carbons (Fsp3) is 0.500. The Balaban J connectivity index is 2.18. The molecule has 2 heterocycles. The van der Waals surface area contributed by atoms with Gasteiger partial charge in [-0.05, 0) is 6.92 Å². The third kappa shape index (κ3) is 1.59. The Morgan fingerprint density at radius 3 is 2.57 bits per heavy atom. The maximum atomic E-state index is 12.5. The van der Waals surface area contributed by atoms with E-state index in [0.29, 0.717) is 11.5 Å². The quantitative estimate of drug-likeness (QED) is 0.729. The normalized spacial score (nSPS) is 19.2. The van der Waals surface area contributed by atoms with Crippen LogP contribution in [0.4, 0.5) is 20.5 Å². The van der Waals surface area contributed by atoms with Crippen LogP contribution < -0.4 is 10.6 Å².